The van der Waals surface area contributed by atoms with Crippen molar-refractivity contribution in [2.45, 2.75) is 16.6 Å². The average Bonchev–Trinajstić information content (AvgIpc) is 2.70. The van der Waals surface area contributed by atoms with Crippen LogP contribution < -0.4 is 5.32 Å². The number of rotatable bonds is 7. The van der Waals surface area contributed by atoms with E-state index in [1.54, 1.807) is 48.7 Å². The highest BCUT2D eigenvalue weighted by Gasteiger charge is 2.29. The predicted octanol–water partition coefficient (Wildman–Crippen LogP) is 2.96. The summed E-state index contributed by atoms with van der Waals surface area (Å²) >= 11 is 0. The molecular formula is C21H20N2O3S. The molecule has 1 heterocycles. The summed E-state index contributed by atoms with van der Waals surface area (Å²) < 4.78 is 26.2. The minimum atomic E-state index is -3.68. The SMILES string of the molecule is O=C(Cc1ccccc1)NCC(c1cccnc1)S(=O)(=O)c1ccccc1. The number of benzene rings is 2. The van der Waals surface area contributed by atoms with Gasteiger partial charge in [-0.05, 0) is 29.3 Å². The Bertz CT molecular complexity index is 976. The molecule has 27 heavy (non-hydrogen) atoms. The van der Waals surface area contributed by atoms with E-state index in [0.717, 1.165) is 5.56 Å². The number of pyridine rings is 1. The van der Waals surface area contributed by atoms with E-state index in [1.807, 2.05) is 30.3 Å². The van der Waals surface area contributed by atoms with Gasteiger partial charge >= 0.3 is 0 Å². The lowest BCUT2D eigenvalue weighted by Crippen LogP contribution is -2.33. The zero-order valence-corrected chi connectivity index (χ0v) is 15.5. The summed E-state index contributed by atoms with van der Waals surface area (Å²) in [5.74, 6) is -0.224. The third kappa shape index (κ3) is 4.80. The number of carbonyl (C=O) groups excluding carboxylic acids is 1. The molecule has 0 spiro atoms. The Labute approximate surface area is 159 Å². The molecule has 0 fully saturated rings. The van der Waals surface area contributed by atoms with Crippen molar-refractivity contribution in [1.82, 2.24) is 10.3 Å². The van der Waals surface area contributed by atoms with Gasteiger partial charge in [0.25, 0.3) is 0 Å². The molecule has 0 radical (unpaired) electrons. The van der Waals surface area contributed by atoms with E-state index >= 15 is 0 Å². The normalized spacial score (nSPS) is 12.3. The first-order valence-corrected chi connectivity index (χ1v) is 10.1. The van der Waals surface area contributed by atoms with Crippen LogP contribution in [0.25, 0.3) is 0 Å². The molecule has 1 unspecified atom stereocenters. The molecule has 3 rings (SSSR count). The van der Waals surface area contributed by atoms with E-state index in [2.05, 4.69) is 10.3 Å². The Hall–Kier alpha value is -2.99. The fourth-order valence-corrected chi connectivity index (χ4v) is 4.46. The standard InChI is InChI=1S/C21H20N2O3S/c24-21(14-17-8-3-1-4-9-17)23-16-20(18-10-7-13-22-15-18)27(25,26)19-11-5-2-6-12-19/h1-13,15,20H,14,16H2,(H,23,24). The van der Waals surface area contributed by atoms with E-state index < -0.39 is 15.1 Å². The van der Waals surface area contributed by atoms with Crippen molar-refractivity contribution in [1.29, 1.82) is 0 Å². The number of nitrogens with zero attached hydrogens (tertiary/aromatic N) is 1. The number of hydrogen-bond acceptors (Lipinski definition) is 4. The van der Waals surface area contributed by atoms with Crippen molar-refractivity contribution in [3.05, 3.63) is 96.3 Å². The summed E-state index contributed by atoms with van der Waals surface area (Å²) in [6, 6.07) is 21.0. The zero-order valence-electron chi connectivity index (χ0n) is 14.7. The molecule has 6 heteroatoms. The van der Waals surface area contributed by atoms with Crippen molar-refractivity contribution >= 4 is 15.7 Å². The van der Waals surface area contributed by atoms with Crippen molar-refractivity contribution in [3.63, 3.8) is 0 Å². The van der Waals surface area contributed by atoms with Gasteiger partial charge in [-0.1, -0.05) is 54.6 Å². The molecule has 1 aromatic heterocycles. The number of amides is 1. The molecule has 0 aliphatic rings. The maximum Gasteiger partial charge on any atom is 0.224 e. The molecule has 5 nitrogen and oxygen atoms in total. The molecule has 0 saturated heterocycles. The summed E-state index contributed by atoms with van der Waals surface area (Å²) in [4.78, 5) is 16.5. The first kappa shape index (κ1) is 18.8. The Morgan fingerprint density at radius 3 is 2.22 bits per heavy atom. The molecule has 2 aromatic carbocycles. The lowest BCUT2D eigenvalue weighted by molar-refractivity contribution is -0.120. The summed E-state index contributed by atoms with van der Waals surface area (Å²) in [5, 5.41) is 1.85. The van der Waals surface area contributed by atoms with Crippen LogP contribution in [0.3, 0.4) is 0 Å². The fraction of sp³-hybridized carbons (Fsp3) is 0.143. The van der Waals surface area contributed by atoms with E-state index in [1.165, 1.54) is 6.20 Å². The fourth-order valence-electron chi connectivity index (χ4n) is 2.80. The van der Waals surface area contributed by atoms with Crippen LogP contribution >= 0.6 is 0 Å². The van der Waals surface area contributed by atoms with Crippen LogP contribution in [0.15, 0.2) is 90.1 Å². The Balaban J connectivity index is 1.80. The van der Waals surface area contributed by atoms with Crippen LogP contribution in [-0.4, -0.2) is 25.9 Å². The average molecular weight is 380 g/mol. The minimum Gasteiger partial charge on any atom is -0.354 e. The summed E-state index contributed by atoms with van der Waals surface area (Å²) in [6.45, 7) is -0.0193. The highest BCUT2D eigenvalue weighted by molar-refractivity contribution is 7.91. The van der Waals surface area contributed by atoms with Gasteiger partial charge in [-0.2, -0.15) is 0 Å². The highest BCUT2D eigenvalue weighted by atomic mass is 32.2. The molecule has 3 aromatic rings. The predicted molar refractivity (Wildman–Crippen MR) is 104 cm³/mol. The van der Waals surface area contributed by atoms with Gasteiger partial charge in [-0.3, -0.25) is 9.78 Å². The Morgan fingerprint density at radius 1 is 0.926 bits per heavy atom. The monoisotopic (exact) mass is 380 g/mol. The number of nitrogens with one attached hydrogen (secondary N) is 1. The van der Waals surface area contributed by atoms with Gasteiger partial charge in [-0.15, -0.1) is 0 Å². The summed E-state index contributed by atoms with van der Waals surface area (Å²) in [5.41, 5.74) is 1.42. The zero-order chi connectivity index (χ0) is 19.1. The van der Waals surface area contributed by atoms with Gasteiger partial charge in [0, 0.05) is 18.9 Å². The maximum atomic E-state index is 13.1. The Morgan fingerprint density at radius 2 is 1.59 bits per heavy atom. The van der Waals surface area contributed by atoms with Crippen LogP contribution in [0.1, 0.15) is 16.4 Å². The van der Waals surface area contributed by atoms with E-state index in [9.17, 15) is 13.2 Å². The molecule has 0 aliphatic carbocycles. The molecule has 1 atom stereocenters. The highest BCUT2D eigenvalue weighted by Crippen LogP contribution is 2.27. The molecule has 0 bridgehead atoms. The van der Waals surface area contributed by atoms with Gasteiger partial charge in [0.15, 0.2) is 9.84 Å². The number of aromatic nitrogens is 1. The maximum absolute atomic E-state index is 13.1. The lowest BCUT2D eigenvalue weighted by atomic mass is 10.1. The van der Waals surface area contributed by atoms with Crippen LogP contribution in [0.5, 0.6) is 0 Å². The second-order valence-corrected chi connectivity index (χ2v) is 8.23. The number of sulfone groups is 1. The van der Waals surface area contributed by atoms with Gasteiger partial charge in [-0.25, -0.2) is 8.42 Å². The van der Waals surface area contributed by atoms with Gasteiger partial charge in [0.1, 0.15) is 5.25 Å². The van der Waals surface area contributed by atoms with Crippen LogP contribution in [-0.2, 0) is 21.1 Å². The van der Waals surface area contributed by atoms with Crippen molar-refractivity contribution in [3.8, 4) is 0 Å². The molecule has 1 amide bonds. The molecule has 138 valence electrons. The first-order valence-electron chi connectivity index (χ1n) is 8.57. The molecule has 0 aliphatic heterocycles. The number of hydrogen-bond donors (Lipinski definition) is 1. The summed E-state index contributed by atoms with van der Waals surface area (Å²) in [7, 11) is -3.68. The van der Waals surface area contributed by atoms with Crippen LogP contribution in [0.2, 0.25) is 0 Å². The van der Waals surface area contributed by atoms with Gasteiger partial charge < -0.3 is 5.32 Å². The minimum absolute atomic E-state index is 0.0193. The molecule has 1 N–H and O–H groups in total. The largest absolute Gasteiger partial charge is 0.354 e. The van der Waals surface area contributed by atoms with Crippen molar-refractivity contribution < 1.29 is 13.2 Å². The second kappa shape index (κ2) is 8.60. The van der Waals surface area contributed by atoms with E-state index in [0.29, 0.717) is 5.56 Å². The van der Waals surface area contributed by atoms with Crippen LogP contribution in [0.4, 0.5) is 0 Å². The van der Waals surface area contributed by atoms with Crippen molar-refractivity contribution in [2.75, 3.05) is 6.54 Å². The lowest BCUT2D eigenvalue weighted by Gasteiger charge is -2.19. The first-order chi connectivity index (χ1) is 13.1. The molecule has 0 saturated carbocycles. The van der Waals surface area contributed by atoms with Crippen molar-refractivity contribution in [2.24, 2.45) is 0 Å². The smallest absolute Gasteiger partial charge is 0.224 e. The van der Waals surface area contributed by atoms with Gasteiger partial charge in [0.05, 0.1) is 11.3 Å². The third-order valence-electron chi connectivity index (χ3n) is 4.19. The Kier molecular flexibility index (Phi) is 5.98. The quantitative estimate of drug-likeness (QED) is 0.684. The van der Waals surface area contributed by atoms with E-state index in [-0.39, 0.29) is 23.8 Å². The third-order valence-corrected chi connectivity index (χ3v) is 6.31. The molecular weight excluding hydrogens is 360 g/mol. The summed E-state index contributed by atoms with van der Waals surface area (Å²) in [6.07, 6.45) is 3.31. The van der Waals surface area contributed by atoms with Crippen LogP contribution in [0, 0.1) is 0 Å². The van der Waals surface area contributed by atoms with Gasteiger partial charge in [0.2, 0.25) is 5.91 Å². The topological polar surface area (TPSA) is 76.1 Å². The van der Waals surface area contributed by atoms with E-state index in [4.69, 9.17) is 0 Å². The second-order valence-electron chi connectivity index (χ2n) is 6.10. The number of carbonyl (C=O) groups is 1.